The molecule has 144 valence electrons. The molecule has 25 heavy (non-hydrogen) atoms. The van der Waals surface area contributed by atoms with Crippen LogP contribution in [0.5, 0.6) is 0 Å². The van der Waals surface area contributed by atoms with E-state index in [-0.39, 0.29) is 11.8 Å². The van der Waals surface area contributed by atoms with Crippen LogP contribution >= 0.6 is 0 Å². The molecule has 0 radical (unpaired) electrons. The summed E-state index contributed by atoms with van der Waals surface area (Å²) in [6, 6.07) is 0. The van der Waals surface area contributed by atoms with Crippen molar-refractivity contribution in [3.05, 3.63) is 12.2 Å². The van der Waals surface area contributed by atoms with Crippen molar-refractivity contribution in [3.8, 4) is 0 Å². The highest BCUT2D eigenvalue weighted by molar-refractivity contribution is 5.87. The van der Waals surface area contributed by atoms with E-state index in [4.69, 9.17) is 0 Å². The highest BCUT2D eigenvalue weighted by Gasteiger charge is 2.23. The van der Waals surface area contributed by atoms with Gasteiger partial charge in [-0.1, -0.05) is 57.6 Å². The number of hydrogen-bond acceptors (Lipinski definition) is 2. The SMILES string of the molecule is CCCCCCC=CCCCCCCCC(=O)[C@H]1CCCNC(=O)C1. The smallest absolute Gasteiger partial charge is 0.220 e. The van der Waals surface area contributed by atoms with Crippen LogP contribution in [-0.2, 0) is 9.59 Å². The fourth-order valence-corrected chi connectivity index (χ4v) is 3.47. The average Bonchev–Trinajstić information content (AvgIpc) is 2.83. The summed E-state index contributed by atoms with van der Waals surface area (Å²) in [7, 11) is 0. The van der Waals surface area contributed by atoms with Gasteiger partial charge in [0.25, 0.3) is 0 Å². The number of Topliss-reactive ketones (excluding diaryl/α,β-unsaturated/α-hetero) is 1. The molecule has 1 atom stereocenters. The Hall–Kier alpha value is -1.12. The van der Waals surface area contributed by atoms with Gasteiger partial charge in [0.2, 0.25) is 5.91 Å². The van der Waals surface area contributed by atoms with Gasteiger partial charge in [-0.3, -0.25) is 9.59 Å². The first-order chi connectivity index (χ1) is 12.2. The van der Waals surface area contributed by atoms with E-state index in [1.807, 2.05) is 0 Å². The molecule has 0 bridgehead atoms. The van der Waals surface area contributed by atoms with Gasteiger partial charge in [-0.25, -0.2) is 0 Å². The molecular weight excluding hydrogens is 310 g/mol. The summed E-state index contributed by atoms with van der Waals surface area (Å²) in [5, 5.41) is 2.85. The second-order valence-corrected chi connectivity index (χ2v) is 7.49. The molecule has 3 nitrogen and oxygen atoms in total. The van der Waals surface area contributed by atoms with E-state index in [1.54, 1.807) is 0 Å². The molecule has 1 rings (SSSR count). The zero-order chi connectivity index (χ0) is 18.2. The molecule has 0 aromatic rings. The lowest BCUT2D eigenvalue weighted by Crippen LogP contribution is -2.24. The monoisotopic (exact) mass is 349 g/mol. The third-order valence-electron chi connectivity index (χ3n) is 5.12. The molecule has 1 aliphatic heterocycles. The molecule has 0 saturated carbocycles. The summed E-state index contributed by atoms with van der Waals surface area (Å²) in [5.41, 5.74) is 0. The summed E-state index contributed by atoms with van der Waals surface area (Å²) in [5.74, 6) is 0.335. The maximum atomic E-state index is 12.2. The maximum absolute atomic E-state index is 12.2. The Balaban J connectivity index is 1.92. The van der Waals surface area contributed by atoms with Crippen molar-refractivity contribution in [2.45, 2.75) is 103 Å². The second-order valence-electron chi connectivity index (χ2n) is 7.49. The van der Waals surface area contributed by atoms with Crippen molar-refractivity contribution in [1.82, 2.24) is 5.32 Å². The summed E-state index contributed by atoms with van der Waals surface area (Å²) in [4.78, 5) is 23.7. The summed E-state index contributed by atoms with van der Waals surface area (Å²) < 4.78 is 0. The third-order valence-corrected chi connectivity index (χ3v) is 5.12. The molecule has 3 heteroatoms. The highest BCUT2D eigenvalue weighted by Crippen LogP contribution is 2.19. The lowest BCUT2D eigenvalue weighted by Gasteiger charge is -2.11. The van der Waals surface area contributed by atoms with Gasteiger partial charge >= 0.3 is 0 Å². The minimum absolute atomic E-state index is 0.0232. The molecule has 0 spiro atoms. The molecule has 0 unspecified atom stereocenters. The van der Waals surface area contributed by atoms with Crippen LogP contribution in [0, 0.1) is 5.92 Å². The first-order valence-corrected chi connectivity index (χ1v) is 10.7. The van der Waals surface area contributed by atoms with Crippen LogP contribution in [0.3, 0.4) is 0 Å². The van der Waals surface area contributed by atoms with Crippen LogP contribution in [0.25, 0.3) is 0 Å². The number of hydrogen-bond donors (Lipinski definition) is 1. The molecule has 1 N–H and O–H groups in total. The van der Waals surface area contributed by atoms with Crippen molar-refractivity contribution < 1.29 is 9.59 Å². The first-order valence-electron chi connectivity index (χ1n) is 10.7. The van der Waals surface area contributed by atoms with E-state index in [2.05, 4.69) is 24.4 Å². The average molecular weight is 350 g/mol. The van der Waals surface area contributed by atoms with Crippen LogP contribution in [0.2, 0.25) is 0 Å². The van der Waals surface area contributed by atoms with Crippen LogP contribution in [0.1, 0.15) is 103 Å². The van der Waals surface area contributed by atoms with Gasteiger partial charge in [0.05, 0.1) is 0 Å². The van der Waals surface area contributed by atoms with Gasteiger partial charge in [-0.05, 0) is 44.9 Å². The molecule has 1 amide bonds. The number of nitrogens with one attached hydrogen (secondary N) is 1. The van der Waals surface area contributed by atoms with E-state index in [1.165, 1.54) is 57.8 Å². The molecule has 1 aliphatic rings. The maximum Gasteiger partial charge on any atom is 0.220 e. The zero-order valence-corrected chi connectivity index (χ0v) is 16.4. The van der Waals surface area contributed by atoms with Crippen LogP contribution < -0.4 is 5.32 Å². The standard InChI is InChI=1S/C22H39NO2/c1-2-3-4-5-6-7-8-9-10-11-12-13-14-17-21(24)20-16-15-18-23-22(25)19-20/h7-8,20H,2-6,9-19H2,1H3,(H,23,25)/t20-/m0/s1. The number of carbonyl (C=O) groups is 2. The van der Waals surface area contributed by atoms with Crippen molar-refractivity contribution in [2.24, 2.45) is 5.92 Å². The van der Waals surface area contributed by atoms with E-state index in [0.29, 0.717) is 18.6 Å². The minimum Gasteiger partial charge on any atom is -0.356 e. The Morgan fingerprint density at radius 3 is 2.36 bits per heavy atom. The van der Waals surface area contributed by atoms with E-state index < -0.39 is 0 Å². The normalized spacial score (nSPS) is 18.3. The molecule has 1 fully saturated rings. The first kappa shape index (κ1) is 21.9. The molecule has 1 heterocycles. The van der Waals surface area contributed by atoms with Gasteiger partial charge in [0, 0.05) is 25.3 Å². The van der Waals surface area contributed by atoms with Crippen LogP contribution in [0.4, 0.5) is 0 Å². The Bertz CT molecular complexity index is 389. The van der Waals surface area contributed by atoms with Gasteiger partial charge in [-0.2, -0.15) is 0 Å². The van der Waals surface area contributed by atoms with Crippen molar-refractivity contribution in [1.29, 1.82) is 0 Å². The number of carbonyl (C=O) groups excluding carboxylic acids is 2. The van der Waals surface area contributed by atoms with Crippen LogP contribution in [-0.4, -0.2) is 18.2 Å². The highest BCUT2D eigenvalue weighted by atomic mass is 16.2. The largest absolute Gasteiger partial charge is 0.356 e. The quantitative estimate of drug-likeness (QED) is 0.321. The number of amides is 1. The van der Waals surface area contributed by atoms with Gasteiger partial charge in [0.15, 0.2) is 0 Å². The predicted molar refractivity (Wildman–Crippen MR) is 106 cm³/mol. The Morgan fingerprint density at radius 1 is 1.00 bits per heavy atom. The Morgan fingerprint density at radius 2 is 1.64 bits per heavy atom. The van der Waals surface area contributed by atoms with Crippen molar-refractivity contribution in [3.63, 3.8) is 0 Å². The molecule has 0 aromatic carbocycles. The van der Waals surface area contributed by atoms with Crippen molar-refractivity contribution in [2.75, 3.05) is 6.54 Å². The van der Waals surface area contributed by atoms with E-state index in [0.717, 1.165) is 32.2 Å². The minimum atomic E-state index is -0.0232. The topological polar surface area (TPSA) is 46.2 Å². The van der Waals surface area contributed by atoms with Gasteiger partial charge < -0.3 is 5.32 Å². The van der Waals surface area contributed by atoms with Gasteiger partial charge in [0.1, 0.15) is 5.78 Å². The Labute approximate surface area is 155 Å². The summed E-state index contributed by atoms with van der Waals surface area (Å²) in [6.45, 7) is 2.98. The lowest BCUT2D eigenvalue weighted by molar-refractivity contribution is -0.128. The lowest BCUT2D eigenvalue weighted by atomic mass is 9.92. The molecule has 0 aliphatic carbocycles. The third kappa shape index (κ3) is 12.0. The summed E-state index contributed by atoms with van der Waals surface area (Å²) in [6.07, 6.45) is 21.3. The molecule has 1 saturated heterocycles. The van der Waals surface area contributed by atoms with E-state index >= 15 is 0 Å². The number of rotatable bonds is 14. The zero-order valence-electron chi connectivity index (χ0n) is 16.4. The molecular formula is C22H39NO2. The number of unbranched alkanes of at least 4 members (excludes halogenated alkanes) is 9. The van der Waals surface area contributed by atoms with Crippen molar-refractivity contribution >= 4 is 11.7 Å². The fourth-order valence-electron chi connectivity index (χ4n) is 3.47. The van der Waals surface area contributed by atoms with Crippen LogP contribution in [0.15, 0.2) is 12.2 Å². The predicted octanol–water partition coefficient (Wildman–Crippen LogP) is 5.73. The van der Waals surface area contributed by atoms with Gasteiger partial charge in [-0.15, -0.1) is 0 Å². The number of ketones is 1. The Kier molecular flexibility index (Phi) is 13.3. The summed E-state index contributed by atoms with van der Waals surface area (Å²) >= 11 is 0. The second kappa shape index (κ2) is 15.2. The van der Waals surface area contributed by atoms with E-state index in [9.17, 15) is 9.59 Å². The molecule has 0 aromatic heterocycles. The number of allylic oxidation sites excluding steroid dienone is 2. The fraction of sp³-hybridized carbons (Fsp3) is 0.818.